The zero-order valence-electron chi connectivity index (χ0n) is 12.7. The average molecular weight is 327 g/mol. The molecule has 2 rings (SSSR count). The second-order valence-corrected chi connectivity index (χ2v) is 7.46. The number of methoxy groups -OCH3 is 1. The van der Waals surface area contributed by atoms with Gasteiger partial charge in [0.15, 0.2) is 0 Å². The van der Waals surface area contributed by atoms with Crippen LogP contribution in [-0.2, 0) is 14.8 Å². The number of anilines is 1. The Balaban J connectivity index is 2.20. The Bertz CT molecular complexity index is 656. The molecule has 0 radical (unpaired) electrons. The number of nitrogens with one attached hydrogen (secondary N) is 1. The summed E-state index contributed by atoms with van der Waals surface area (Å²) in [7, 11) is -2.37. The number of carbonyl (C=O) groups excluding carboxylic acids is 1. The molecule has 1 saturated carbocycles. The number of benzene rings is 1. The number of aliphatic hydroxyl groups is 1. The highest BCUT2D eigenvalue weighted by Crippen LogP contribution is 2.27. The van der Waals surface area contributed by atoms with Crippen LogP contribution in [0.2, 0.25) is 0 Å². The summed E-state index contributed by atoms with van der Waals surface area (Å²) in [6, 6.07) is 4.61. The lowest BCUT2D eigenvalue weighted by Gasteiger charge is -2.27. The Morgan fingerprint density at radius 3 is 2.59 bits per heavy atom. The van der Waals surface area contributed by atoms with Gasteiger partial charge in [-0.25, -0.2) is 13.2 Å². The van der Waals surface area contributed by atoms with Crippen molar-refractivity contribution in [3.8, 4) is 0 Å². The summed E-state index contributed by atoms with van der Waals surface area (Å²) in [4.78, 5) is 11.5. The first kappa shape index (κ1) is 16.8. The van der Waals surface area contributed by atoms with Gasteiger partial charge in [-0.05, 0) is 43.5 Å². The lowest BCUT2D eigenvalue weighted by molar-refractivity contribution is 0.0600. The maximum Gasteiger partial charge on any atom is 0.337 e. The highest BCUT2D eigenvalue weighted by molar-refractivity contribution is 7.93. The van der Waals surface area contributed by atoms with Crippen LogP contribution in [0.1, 0.15) is 41.6 Å². The highest BCUT2D eigenvalue weighted by Gasteiger charge is 2.34. The molecule has 0 spiro atoms. The standard InChI is InChI=1S/C15H21NO5S/c1-10-9-11(15(18)21-2)7-8-12(10)16-22(19,20)14-6-4-3-5-13(14)17/h7-9,13-14,16-17H,3-6H2,1-2H3. The van der Waals surface area contributed by atoms with E-state index >= 15 is 0 Å². The molecule has 7 heteroatoms. The molecule has 0 heterocycles. The lowest BCUT2D eigenvalue weighted by Crippen LogP contribution is -2.40. The minimum atomic E-state index is -3.66. The van der Waals surface area contributed by atoms with E-state index in [0.717, 1.165) is 12.8 Å². The minimum absolute atomic E-state index is 0.362. The van der Waals surface area contributed by atoms with Crippen molar-refractivity contribution in [1.29, 1.82) is 0 Å². The molecule has 1 aliphatic carbocycles. The molecule has 22 heavy (non-hydrogen) atoms. The summed E-state index contributed by atoms with van der Waals surface area (Å²) in [6.45, 7) is 1.71. The van der Waals surface area contributed by atoms with Crippen molar-refractivity contribution >= 4 is 21.7 Å². The molecule has 0 aliphatic heterocycles. The van der Waals surface area contributed by atoms with Crippen LogP contribution in [0.3, 0.4) is 0 Å². The van der Waals surface area contributed by atoms with Crippen molar-refractivity contribution in [1.82, 2.24) is 0 Å². The summed E-state index contributed by atoms with van der Waals surface area (Å²) < 4.78 is 32.0. The maximum absolute atomic E-state index is 12.4. The van der Waals surface area contributed by atoms with E-state index in [4.69, 9.17) is 0 Å². The first-order valence-corrected chi connectivity index (χ1v) is 8.78. The van der Waals surface area contributed by atoms with Crippen LogP contribution in [0.4, 0.5) is 5.69 Å². The van der Waals surface area contributed by atoms with Crippen molar-refractivity contribution in [2.45, 2.75) is 44.0 Å². The van der Waals surface area contributed by atoms with Crippen molar-refractivity contribution in [3.05, 3.63) is 29.3 Å². The van der Waals surface area contributed by atoms with Gasteiger partial charge < -0.3 is 9.84 Å². The fourth-order valence-electron chi connectivity index (χ4n) is 2.69. The van der Waals surface area contributed by atoms with E-state index in [9.17, 15) is 18.3 Å². The van der Waals surface area contributed by atoms with Gasteiger partial charge in [0.25, 0.3) is 0 Å². The molecular weight excluding hydrogens is 306 g/mol. The monoisotopic (exact) mass is 327 g/mol. The first-order chi connectivity index (χ1) is 10.3. The summed E-state index contributed by atoms with van der Waals surface area (Å²) in [5.74, 6) is -0.472. The van der Waals surface area contributed by atoms with Crippen LogP contribution in [-0.4, -0.2) is 38.0 Å². The van der Waals surface area contributed by atoms with E-state index in [0.29, 0.717) is 29.7 Å². The van der Waals surface area contributed by atoms with Crippen LogP contribution in [0.5, 0.6) is 0 Å². The van der Waals surface area contributed by atoms with E-state index < -0.39 is 27.3 Å². The van der Waals surface area contributed by atoms with Gasteiger partial charge in [0.2, 0.25) is 10.0 Å². The van der Waals surface area contributed by atoms with Crippen molar-refractivity contribution in [3.63, 3.8) is 0 Å². The van der Waals surface area contributed by atoms with Gasteiger partial charge in [-0.15, -0.1) is 0 Å². The summed E-state index contributed by atoms with van der Waals surface area (Å²) >= 11 is 0. The van der Waals surface area contributed by atoms with Crippen LogP contribution in [0.25, 0.3) is 0 Å². The van der Waals surface area contributed by atoms with Gasteiger partial charge in [-0.2, -0.15) is 0 Å². The molecule has 122 valence electrons. The van der Waals surface area contributed by atoms with Crippen molar-refractivity contribution in [2.75, 3.05) is 11.8 Å². The molecule has 6 nitrogen and oxygen atoms in total. The largest absolute Gasteiger partial charge is 0.465 e. The van der Waals surface area contributed by atoms with Gasteiger partial charge in [0.1, 0.15) is 5.25 Å². The Morgan fingerprint density at radius 2 is 2.00 bits per heavy atom. The predicted molar refractivity (Wildman–Crippen MR) is 83.3 cm³/mol. The maximum atomic E-state index is 12.4. The number of hydrogen-bond acceptors (Lipinski definition) is 5. The van der Waals surface area contributed by atoms with Gasteiger partial charge >= 0.3 is 5.97 Å². The van der Waals surface area contributed by atoms with Crippen LogP contribution in [0.15, 0.2) is 18.2 Å². The Morgan fingerprint density at radius 1 is 1.32 bits per heavy atom. The smallest absolute Gasteiger partial charge is 0.337 e. The van der Waals surface area contributed by atoms with Crippen LogP contribution >= 0.6 is 0 Å². The summed E-state index contributed by atoms with van der Waals surface area (Å²) in [6.07, 6.45) is 1.77. The van der Waals surface area contributed by atoms with E-state index in [1.807, 2.05) is 0 Å². The number of aryl methyl sites for hydroxylation is 1. The number of rotatable bonds is 4. The molecule has 2 atom stereocenters. The van der Waals surface area contributed by atoms with Gasteiger partial charge in [-0.3, -0.25) is 4.72 Å². The second-order valence-electron chi connectivity index (χ2n) is 5.56. The molecule has 1 fully saturated rings. The number of hydrogen-bond donors (Lipinski definition) is 2. The van der Waals surface area contributed by atoms with E-state index in [1.165, 1.54) is 19.2 Å². The summed E-state index contributed by atoms with van der Waals surface area (Å²) in [5, 5.41) is 9.13. The lowest BCUT2D eigenvalue weighted by atomic mass is 9.97. The number of esters is 1. The zero-order chi connectivity index (χ0) is 16.3. The Hall–Kier alpha value is -1.60. The normalized spacial score (nSPS) is 22.1. The second kappa shape index (κ2) is 6.66. The predicted octanol–water partition coefficient (Wildman–Crippen LogP) is 1.83. The SMILES string of the molecule is COC(=O)c1ccc(NS(=O)(=O)C2CCCCC2O)c(C)c1. The fourth-order valence-corrected chi connectivity index (χ4v) is 4.40. The molecule has 2 unspecified atom stereocenters. The van der Waals surface area contributed by atoms with E-state index in [2.05, 4.69) is 9.46 Å². The average Bonchev–Trinajstić information content (AvgIpc) is 2.48. The molecule has 1 aromatic rings. The minimum Gasteiger partial charge on any atom is -0.465 e. The number of sulfonamides is 1. The number of carbonyl (C=O) groups is 1. The van der Waals surface area contributed by atoms with Crippen LogP contribution < -0.4 is 4.72 Å². The van der Waals surface area contributed by atoms with E-state index in [1.54, 1.807) is 13.0 Å². The third kappa shape index (κ3) is 3.59. The molecule has 0 saturated heterocycles. The topological polar surface area (TPSA) is 92.7 Å². The third-order valence-electron chi connectivity index (χ3n) is 3.97. The molecule has 1 aliphatic rings. The molecule has 0 amide bonds. The summed E-state index contributed by atoms with van der Waals surface area (Å²) in [5.41, 5.74) is 1.39. The fraction of sp³-hybridized carbons (Fsp3) is 0.533. The molecule has 2 N–H and O–H groups in total. The van der Waals surface area contributed by atoms with Crippen molar-refractivity contribution < 1.29 is 23.1 Å². The van der Waals surface area contributed by atoms with Crippen LogP contribution in [0, 0.1) is 6.92 Å². The van der Waals surface area contributed by atoms with Gasteiger partial charge in [-0.1, -0.05) is 12.8 Å². The number of ether oxygens (including phenoxy) is 1. The van der Waals surface area contributed by atoms with E-state index in [-0.39, 0.29) is 0 Å². The third-order valence-corrected chi connectivity index (χ3v) is 5.82. The molecule has 0 aromatic heterocycles. The Labute approximate surface area is 130 Å². The highest BCUT2D eigenvalue weighted by atomic mass is 32.2. The first-order valence-electron chi connectivity index (χ1n) is 7.24. The van der Waals surface area contributed by atoms with Crippen molar-refractivity contribution in [2.24, 2.45) is 0 Å². The molecule has 1 aromatic carbocycles. The zero-order valence-corrected chi connectivity index (χ0v) is 13.5. The molecule has 0 bridgehead atoms. The molecular formula is C15H21NO5S. The van der Waals surface area contributed by atoms with Gasteiger partial charge in [0, 0.05) is 0 Å². The Kier molecular flexibility index (Phi) is 5.08. The number of aliphatic hydroxyl groups excluding tert-OH is 1. The van der Waals surface area contributed by atoms with Gasteiger partial charge in [0.05, 0.1) is 24.5 Å². The quantitative estimate of drug-likeness (QED) is 0.823.